The van der Waals surface area contributed by atoms with E-state index in [1.807, 2.05) is 6.92 Å². The van der Waals surface area contributed by atoms with Crippen LogP contribution in [0.15, 0.2) is 18.2 Å². The normalized spacial score (nSPS) is 17.3. The number of rotatable bonds is 3. The van der Waals surface area contributed by atoms with Gasteiger partial charge in [-0.15, -0.1) is 0 Å². The first kappa shape index (κ1) is 14.8. The molecule has 110 valence electrons. The number of hydrogen-bond donors (Lipinski definition) is 0. The highest BCUT2D eigenvalue weighted by atomic mass is 19.4. The molecule has 1 aliphatic rings. The number of halogens is 3. The summed E-state index contributed by atoms with van der Waals surface area (Å²) in [6.07, 6.45) is -4.01. The largest absolute Gasteiger partial charge is 0.418 e. The van der Waals surface area contributed by atoms with Crippen molar-refractivity contribution in [2.75, 3.05) is 37.6 Å². The van der Waals surface area contributed by atoms with Crippen LogP contribution in [-0.4, -0.2) is 43.9 Å². The van der Waals surface area contributed by atoms with Gasteiger partial charge in [0.05, 0.1) is 5.56 Å². The molecule has 0 saturated carbocycles. The molecule has 0 bridgehead atoms. The third kappa shape index (κ3) is 3.12. The Kier molecular flexibility index (Phi) is 4.32. The van der Waals surface area contributed by atoms with E-state index in [1.165, 1.54) is 12.1 Å². The Morgan fingerprint density at radius 3 is 2.35 bits per heavy atom. The quantitative estimate of drug-likeness (QED) is 0.798. The van der Waals surface area contributed by atoms with E-state index in [0.29, 0.717) is 19.4 Å². The van der Waals surface area contributed by atoms with E-state index >= 15 is 0 Å². The molecule has 1 fully saturated rings. The first-order valence-corrected chi connectivity index (χ1v) is 6.59. The summed E-state index contributed by atoms with van der Waals surface area (Å²) in [6.45, 7) is 5.58. The maximum Gasteiger partial charge on any atom is 0.418 e. The summed E-state index contributed by atoms with van der Waals surface area (Å²) >= 11 is 0. The van der Waals surface area contributed by atoms with Gasteiger partial charge in [0.2, 0.25) is 0 Å². The molecule has 0 radical (unpaired) electrons. The van der Waals surface area contributed by atoms with Gasteiger partial charge in [0.1, 0.15) is 6.29 Å². The van der Waals surface area contributed by atoms with Crippen molar-refractivity contribution >= 4 is 12.0 Å². The number of carbonyl (C=O) groups is 1. The topological polar surface area (TPSA) is 23.6 Å². The number of alkyl halides is 3. The molecule has 0 atom stereocenters. The molecule has 20 heavy (non-hydrogen) atoms. The number of carbonyl (C=O) groups excluding carboxylic acids is 1. The molecule has 0 amide bonds. The summed E-state index contributed by atoms with van der Waals surface area (Å²) < 4.78 is 39.3. The van der Waals surface area contributed by atoms with E-state index in [0.717, 1.165) is 25.7 Å². The van der Waals surface area contributed by atoms with Crippen LogP contribution in [0.25, 0.3) is 0 Å². The number of benzene rings is 1. The number of anilines is 1. The van der Waals surface area contributed by atoms with Crippen molar-refractivity contribution in [3.63, 3.8) is 0 Å². The summed E-state index contributed by atoms with van der Waals surface area (Å²) in [6, 6.07) is 3.76. The van der Waals surface area contributed by atoms with Crippen molar-refractivity contribution < 1.29 is 18.0 Å². The van der Waals surface area contributed by atoms with Crippen LogP contribution in [0, 0.1) is 0 Å². The van der Waals surface area contributed by atoms with E-state index < -0.39 is 11.7 Å². The van der Waals surface area contributed by atoms with Crippen molar-refractivity contribution in [3.8, 4) is 0 Å². The van der Waals surface area contributed by atoms with Gasteiger partial charge in [-0.3, -0.25) is 4.79 Å². The Morgan fingerprint density at radius 2 is 1.85 bits per heavy atom. The minimum atomic E-state index is -4.45. The van der Waals surface area contributed by atoms with Gasteiger partial charge in [0, 0.05) is 37.4 Å². The van der Waals surface area contributed by atoms with E-state index in [1.54, 1.807) is 4.90 Å². The molecule has 2 rings (SSSR count). The molecule has 1 aromatic rings. The molecule has 0 aliphatic carbocycles. The summed E-state index contributed by atoms with van der Waals surface area (Å²) in [4.78, 5) is 14.6. The van der Waals surface area contributed by atoms with Crippen LogP contribution >= 0.6 is 0 Å². The molecule has 0 spiro atoms. The third-order valence-electron chi connectivity index (χ3n) is 3.62. The molecule has 0 N–H and O–H groups in total. The minimum absolute atomic E-state index is 0.0493. The lowest BCUT2D eigenvalue weighted by molar-refractivity contribution is -0.137. The fourth-order valence-electron chi connectivity index (χ4n) is 2.43. The molecule has 6 heteroatoms. The van der Waals surface area contributed by atoms with Gasteiger partial charge in [-0.1, -0.05) is 6.92 Å². The second kappa shape index (κ2) is 5.83. The molecule has 3 nitrogen and oxygen atoms in total. The first-order valence-electron chi connectivity index (χ1n) is 6.59. The Labute approximate surface area is 116 Å². The summed E-state index contributed by atoms with van der Waals surface area (Å²) in [7, 11) is 0. The molecule has 1 aliphatic heterocycles. The lowest BCUT2D eigenvalue weighted by Gasteiger charge is -2.36. The van der Waals surface area contributed by atoms with Crippen LogP contribution in [-0.2, 0) is 6.18 Å². The Bertz CT molecular complexity index is 480. The molecule has 1 aromatic carbocycles. The van der Waals surface area contributed by atoms with Crippen LogP contribution in [0.1, 0.15) is 22.8 Å². The predicted molar refractivity (Wildman–Crippen MR) is 71.2 cm³/mol. The Balaban J connectivity index is 2.29. The van der Waals surface area contributed by atoms with Gasteiger partial charge < -0.3 is 9.80 Å². The van der Waals surface area contributed by atoms with E-state index in [2.05, 4.69) is 4.90 Å². The monoisotopic (exact) mass is 286 g/mol. The van der Waals surface area contributed by atoms with Crippen molar-refractivity contribution in [1.29, 1.82) is 0 Å². The molecular formula is C14H17F3N2O. The highest BCUT2D eigenvalue weighted by Crippen LogP contribution is 2.37. The Hall–Kier alpha value is -1.56. The fraction of sp³-hybridized carbons (Fsp3) is 0.500. The van der Waals surface area contributed by atoms with Gasteiger partial charge in [-0.2, -0.15) is 13.2 Å². The second-order valence-corrected chi connectivity index (χ2v) is 4.81. The van der Waals surface area contributed by atoms with Crippen molar-refractivity contribution in [2.45, 2.75) is 13.1 Å². The third-order valence-corrected chi connectivity index (χ3v) is 3.62. The molecule has 0 aromatic heterocycles. The van der Waals surface area contributed by atoms with Crippen LogP contribution < -0.4 is 4.90 Å². The van der Waals surface area contributed by atoms with Gasteiger partial charge in [-0.25, -0.2) is 0 Å². The van der Waals surface area contributed by atoms with Crippen LogP contribution in [0.5, 0.6) is 0 Å². The van der Waals surface area contributed by atoms with E-state index in [-0.39, 0.29) is 11.3 Å². The summed E-state index contributed by atoms with van der Waals surface area (Å²) in [5.74, 6) is 0. The summed E-state index contributed by atoms with van der Waals surface area (Å²) in [5.41, 5.74) is -0.515. The zero-order valence-electron chi connectivity index (χ0n) is 11.3. The zero-order chi connectivity index (χ0) is 14.8. The standard InChI is InChI=1S/C14H17F3N2O/c1-2-18-5-7-19(8-6-18)13-4-3-11(10-20)9-12(13)14(15,16)17/h3-4,9-10H,2,5-8H2,1H3. The second-order valence-electron chi connectivity index (χ2n) is 4.81. The van der Waals surface area contributed by atoms with E-state index in [9.17, 15) is 18.0 Å². The maximum atomic E-state index is 13.1. The van der Waals surface area contributed by atoms with Gasteiger partial charge >= 0.3 is 6.18 Å². The highest BCUT2D eigenvalue weighted by Gasteiger charge is 2.35. The lowest BCUT2D eigenvalue weighted by atomic mass is 10.1. The number of piperazine rings is 1. The molecule has 1 heterocycles. The average Bonchev–Trinajstić information content (AvgIpc) is 2.46. The predicted octanol–water partition coefficient (Wildman–Crippen LogP) is 2.66. The maximum absolute atomic E-state index is 13.1. The van der Waals surface area contributed by atoms with Crippen LogP contribution in [0.2, 0.25) is 0 Å². The van der Waals surface area contributed by atoms with Gasteiger partial charge in [0.25, 0.3) is 0 Å². The van der Waals surface area contributed by atoms with Crippen molar-refractivity contribution in [3.05, 3.63) is 29.3 Å². The van der Waals surface area contributed by atoms with Crippen molar-refractivity contribution in [2.24, 2.45) is 0 Å². The molecular weight excluding hydrogens is 269 g/mol. The smallest absolute Gasteiger partial charge is 0.368 e. The Morgan fingerprint density at radius 1 is 1.20 bits per heavy atom. The van der Waals surface area contributed by atoms with Gasteiger partial charge in [0.15, 0.2) is 0 Å². The zero-order valence-corrected chi connectivity index (χ0v) is 11.3. The molecule has 1 saturated heterocycles. The average molecular weight is 286 g/mol. The number of nitrogens with zero attached hydrogens (tertiary/aromatic N) is 2. The van der Waals surface area contributed by atoms with Crippen molar-refractivity contribution in [1.82, 2.24) is 4.90 Å². The summed E-state index contributed by atoms with van der Waals surface area (Å²) in [5, 5.41) is 0. The highest BCUT2D eigenvalue weighted by molar-refractivity contribution is 5.77. The number of hydrogen-bond acceptors (Lipinski definition) is 3. The van der Waals surface area contributed by atoms with Crippen LogP contribution in [0.3, 0.4) is 0 Å². The van der Waals surface area contributed by atoms with Gasteiger partial charge in [-0.05, 0) is 24.7 Å². The SMILES string of the molecule is CCN1CCN(c2ccc(C=O)cc2C(F)(F)F)CC1. The molecule has 0 unspecified atom stereocenters. The minimum Gasteiger partial charge on any atom is -0.368 e. The van der Waals surface area contributed by atoms with Crippen LogP contribution in [0.4, 0.5) is 18.9 Å². The lowest BCUT2D eigenvalue weighted by Crippen LogP contribution is -2.46. The fourth-order valence-corrected chi connectivity index (χ4v) is 2.43. The number of likely N-dealkylation sites (N-methyl/N-ethyl adjacent to an activating group) is 1. The van der Waals surface area contributed by atoms with E-state index in [4.69, 9.17) is 0 Å². The first-order chi connectivity index (χ1) is 9.45. The number of aldehydes is 1.